The van der Waals surface area contributed by atoms with Crippen molar-refractivity contribution < 1.29 is 32.6 Å². The van der Waals surface area contributed by atoms with Crippen LogP contribution in [0.2, 0.25) is 5.02 Å². The van der Waals surface area contributed by atoms with Crippen LogP contribution in [0.3, 0.4) is 0 Å². The van der Waals surface area contributed by atoms with Gasteiger partial charge in [0.1, 0.15) is 16.9 Å². The second-order valence-corrected chi connectivity index (χ2v) is 9.13. The first-order chi connectivity index (χ1) is 16.9. The zero-order valence-electron chi connectivity index (χ0n) is 20.4. The lowest BCUT2D eigenvalue weighted by Gasteiger charge is -2.19. The van der Waals surface area contributed by atoms with Crippen molar-refractivity contribution in [1.29, 1.82) is 0 Å². The average Bonchev–Trinajstić information content (AvgIpc) is 3.07. The molecule has 0 aliphatic heterocycles. The second kappa shape index (κ2) is 11.0. The third-order valence-corrected chi connectivity index (χ3v) is 5.14. The maximum Gasteiger partial charge on any atom is 0.407 e. The van der Waals surface area contributed by atoms with E-state index in [1.807, 2.05) is 0 Å². The molecule has 0 unspecified atom stereocenters. The molecule has 36 heavy (non-hydrogen) atoms. The normalized spacial score (nSPS) is 11.5. The Morgan fingerprint density at radius 1 is 1.19 bits per heavy atom. The first kappa shape index (κ1) is 27.0. The molecule has 1 aromatic heterocycles. The molecule has 0 bridgehead atoms. The van der Waals surface area contributed by atoms with E-state index in [4.69, 9.17) is 21.1 Å². The fraction of sp³-hybridized carbons (Fsp3) is 0.375. The van der Waals surface area contributed by atoms with Crippen molar-refractivity contribution in [3.63, 3.8) is 0 Å². The van der Waals surface area contributed by atoms with Crippen molar-refractivity contribution in [2.45, 2.75) is 46.5 Å². The summed E-state index contributed by atoms with van der Waals surface area (Å²) in [6, 6.07) is 7.77. The highest BCUT2D eigenvalue weighted by molar-refractivity contribution is 6.33. The number of imidazole rings is 1. The highest BCUT2D eigenvalue weighted by Gasteiger charge is 2.21. The topological polar surface area (TPSA) is 104 Å². The Labute approximate surface area is 211 Å². The van der Waals surface area contributed by atoms with Gasteiger partial charge in [-0.1, -0.05) is 17.7 Å². The number of ether oxygens (including phenoxy) is 3. The standard InChI is InChI=1S/C24H27ClF2N4O5/c1-6-34-20(32)14-10-17-18(11-19(14)35-21(26)27)31(5)22(30-17)29-16-9-13(7-8-15(16)25)12-28-23(33)36-24(2,3)4/h7-11,21H,6,12H2,1-5H3,(H,28,33)(H,29,30). The number of anilines is 2. The Balaban J connectivity index is 1.89. The number of rotatable bonds is 8. The summed E-state index contributed by atoms with van der Waals surface area (Å²) in [7, 11) is 1.66. The molecule has 0 aliphatic rings. The van der Waals surface area contributed by atoms with Gasteiger partial charge in [-0.15, -0.1) is 0 Å². The van der Waals surface area contributed by atoms with Gasteiger partial charge in [0.25, 0.3) is 0 Å². The highest BCUT2D eigenvalue weighted by Crippen LogP contribution is 2.32. The summed E-state index contributed by atoms with van der Waals surface area (Å²) in [5.74, 6) is -0.796. The number of amides is 1. The molecule has 0 aliphatic carbocycles. The average molecular weight is 525 g/mol. The van der Waals surface area contributed by atoms with Crippen molar-refractivity contribution >= 4 is 46.3 Å². The van der Waals surface area contributed by atoms with Gasteiger partial charge in [-0.3, -0.25) is 0 Å². The molecule has 0 radical (unpaired) electrons. The first-order valence-electron chi connectivity index (χ1n) is 11.0. The molecule has 1 heterocycles. The van der Waals surface area contributed by atoms with Crippen molar-refractivity contribution in [2.24, 2.45) is 7.05 Å². The fourth-order valence-corrected chi connectivity index (χ4v) is 3.44. The second-order valence-electron chi connectivity index (χ2n) is 8.73. The Kier molecular flexibility index (Phi) is 8.24. The smallest absolute Gasteiger partial charge is 0.407 e. The molecule has 1 amide bonds. The predicted octanol–water partition coefficient (Wildman–Crippen LogP) is 5.77. The monoisotopic (exact) mass is 524 g/mol. The molecular weight excluding hydrogens is 498 g/mol. The number of nitrogens with one attached hydrogen (secondary N) is 2. The number of fused-ring (bicyclic) bond motifs is 1. The third-order valence-electron chi connectivity index (χ3n) is 4.81. The van der Waals surface area contributed by atoms with Crippen LogP contribution >= 0.6 is 11.6 Å². The molecule has 9 nitrogen and oxygen atoms in total. The number of hydrogen-bond acceptors (Lipinski definition) is 7. The zero-order valence-corrected chi connectivity index (χ0v) is 21.2. The van der Waals surface area contributed by atoms with E-state index in [1.165, 1.54) is 12.1 Å². The molecule has 2 aromatic carbocycles. The van der Waals surface area contributed by atoms with E-state index >= 15 is 0 Å². The lowest BCUT2D eigenvalue weighted by atomic mass is 10.1. The predicted molar refractivity (Wildman–Crippen MR) is 131 cm³/mol. The first-order valence-corrected chi connectivity index (χ1v) is 11.4. The molecule has 0 saturated carbocycles. The number of benzene rings is 2. The number of carbonyl (C=O) groups is 2. The van der Waals surface area contributed by atoms with Crippen LogP contribution in [-0.4, -0.2) is 40.4 Å². The molecule has 3 aromatic rings. The van der Waals surface area contributed by atoms with Crippen LogP contribution in [0.1, 0.15) is 43.6 Å². The lowest BCUT2D eigenvalue weighted by molar-refractivity contribution is -0.0503. The summed E-state index contributed by atoms with van der Waals surface area (Å²) >= 11 is 6.35. The van der Waals surface area contributed by atoms with Crippen LogP contribution in [0.15, 0.2) is 30.3 Å². The Bertz CT molecular complexity index is 1270. The van der Waals surface area contributed by atoms with E-state index in [2.05, 4.69) is 20.4 Å². The summed E-state index contributed by atoms with van der Waals surface area (Å²) in [4.78, 5) is 28.7. The number of carbonyl (C=O) groups excluding carboxylic acids is 2. The van der Waals surface area contributed by atoms with E-state index in [0.717, 1.165) is 5.56 Å². The van der Waals surface area contributed by atoms with Crippen LogP contribution in [0.25, 0.3) is 11.0 Å². The summed E-state index contributed by atoms with van der Waals surface area (Å²) in [6.45, 7) is 4.05. The van der Waals surface area contributed by atoms with Gasteiger partial charge in [0, 0.05) is 19.7 Å². The SMILES string of the molecule is CCOC(=O)c1cc2nc(Nc3cc(CNC(=O)OC(C)(C)C)ccc3Cl)n(C)c2cc1OC(F)F. The van der Waals surface area contributed by atoms with E-state index in [1.54, 1.807) is 57.5 Å². The van der Waals surface area contributed by atoms with E-state index in [0.29, 0.717) is 27.7 Å². The molecule has 0 saturated heterocycles. The number of aromatic nitrogens is 2. The van der Waals surface area contributed by atoms with Gasteiger partial charge in [0.2, 0.25) is 5.95 Å². The minimum Gasteiger partial charge on any atom is -0.462 e. The maximum absolute atomic E-state index is 13.0. The van der Waals surface area contributed by atoms with Crippen LogP contribution in [-0.2, 0) is 23.1 Å². The minimum atomic E-state index is -3.13. The largest absolute Gasteiger partial charge is 0.462 e. The number of halogens is 3. The summed E-state index contributed by atoms with van der Waals surface area (Å²) in [5, 5.41) is 6.16. The number of nitrogens with zero attached hydrogens (tertiary/aromatic N) is 2. The number of hydrogen-bond donors (Lipinski definition) is 2. The van der Waals surface area contributed by atoms with Gasteiger partial charge in [-0.05, 0) is 51.5 Å². The van der Waals surface area contributed by atoms with Gasteiger partial charge in [0.05, 0.1) is 28.4 Å². The van der Waals surface area contributed by atoms with Crippen LogP contribution in [0.4, 0.5) is 25.2 Å². The molecule has 0 fully saturated rings. The van der Waals surface area contributed by atoms with Gasteiger partial charge >= 0.3 is 18.7 Å². The molecule has 0 atom stereocenters. The quantitative estimate of drug-likeness (QED) is 0.360. The van der Waals surface area contributed by atoms with Gasteiger partial charge < -0.3 is 29.4 Å². The Hall–Kier alpha value is -3.60. The highest BCUT2D eigenvalue weighted by atomic mass is 35.5. The number of alkyl carbamates (subject to hydrolysis) is 1. The molecule has 3 rings (SSSR count). The maximum atomic E-state index is 13.0. The lowest BCUT2D eigenvalue weighted by Crippen LogP contribution is -2.32. The van der Waals surface area contributed by atoms with E-state index in [-0.39, 0.29) is 24.5 Å². The van der Waals surface area contributed by atoms with Crippen LogP contribution in [0.5, 0.6) is 5.75 Å². The van der Waals surface area contributed by atoms with Crippen molar-refractivity contribution in [3.05, 3.63) is 46.5 Å². The van der Waals surface area contributed by atoms with Gasteiger partial charge in [-0.2, -0.15) is 8.78 Å². The zero-order chi connectivity index (χ0) is 26.6. The summed E-state index contributed by atoms with van der Waals surface area (Å²) in [6.07, 6.45) is -0.554. The summed E-state index contributed by atoms with van der Waals surface area (Å²) in [5.41, 5.74) is 1.23. The molecule has 0 spiro atoms. The van der Waals surface area contributed by atoms with Crippen molar-refractivity contribution in [3.8, 4) is 5.75 Å². The number of aryl methyl sites for hydroxylation is 1. The van der Waals surface area contributed by atoms with E-state index in [9.17, 15) is 18.4 Å². The molecular formula is C24H27ClF2N4O5. The third kappa shape index (κ3) is 6.75. The van der Waals surface area contributed by atoms with E-state index < -0.39 is 24.3 Å². The van der Waals surface area contributed by atoms with Crippen LogP contribution < -0.4 is 15.4 Å². The molecule has 12 heteroatoms. The van der Waals surface area contributed by atoms with Gasteiger partial charge in [-0.25, -0.2) is 14.6 Å². The van der Waals surface area contributed by atoms with Gasteiger partial charge in [0.15, 0.2) is 0 Å². The number of alkyl halides is 2. The molecule has 2 N–H and O–H groups in total. The Morgan fingerprint density at radius 2 is 1.92 bits per heavy atom. The Morgan fingerprint density at radius 3 is 2.56 bits per heavy atom. The number of esters is 1. The van der Waals surface area contributed by atoms with Crippen molar-refractivity contribution in [1.82, 2.24) is 14.9 Å². The summed E-state index contributed by atoms with van der Waals surface area (Å²) < 4.78 is 42.3. The van der Waals surface area contributed by atoms with Crippen molar-refractivity contribution in [2.75, 3.05) is 11.9 Å². The minimum absolute atomic E-state index is 0.0671. The van der Waals surface area contributed by atoms with Crippen LogP contribution in [0, 0.1) is 0 Å². The molecule has 194 valence electrons. The fourth-order valence-electron chi connectivity index (χ4n) is 3.28.